The van der Waals surface area contributed by atoms with E-state index in [4.69, 9.17) is 24.3 Å². The van der Waals surface area contributed by atoms with Gasteiger partial charge in [-0.05, 0) is 64.2 Å². The highest BCUT2D eigenvalue weighted by molar-refractivity contribution is 7.47. The summed E-state index contributed by atoms with van der Waals surface area (Å²) in [6, 6.07) is 0. The molecular formula is C81H158NO8P. The molecule has 0 radical (unpaired) electrons. The van der Waals surface area contributed by atoms with Crippen LogP contribution in [0.4, 0.5) is 0 Å². The van der Waals surface area contributed by atoms with Gasteiger partial charge in [-0.2, -0.15) is 0 Å². The molecule has 0 heterocycles. The first kappa shape index (κ1) is 89.5. The van der Waals surface area contributed by atoms with E-state index in [1.165, 1.54) is 385 Å². The molecule has 540 valence electrons. The summed E-state index contributed by atoms with van der Waals surface area (Å²) >= 11 is 0. The number of ether oxygens (including phenoxy) is 2. The van der Waals surface area contributed by atoms with Gasteiger partial charge in [-0.3, -0.25) is 18.6 Å². The fourth-order valence-electron chi connectivity index (χ4n) is 12.8. The topological polar surface area (TPSA) is 134 Å². The molecule has 0 rings (SSSR count). The maximum absolute atomic E-state index is 12.8. The van der Waals surface area contributed by atoms with Crippen molar-refractivity contribution in [3.05, 3.63) is 24.3 Å². The van der Waals surface area contributed by atoms with E-state index in [1.807, 2.05) is 0 Å². The van der Waals surface area contributed by atoms with Crippen LogP contribution in [0.1, 0.15) is 450 Å². The molecule has 0 aromatic heterocycles. The second-order valence-corrected chi connectivity index (χ2v) is 29.4. The average Bonchev–Trinajstić information content (AvgIpc) is 3.74. The van der Waals surface area contributed by atoms with E-state index in [9.17, 15) is 19.0 Å². The molecule has 0 saturated carbocycles. The summed E-state index contributed by atoms with van der Waals surface area (Å²) in [5.41, 5.74) is 5.42. The van der Waals surface area contributed by atoms with Crippen molar-refractivity contribution in [1.82, 2.24) is 0 Å². The maximum atomic E-state index is 12.8. The Kier molecular flexibility index (Phi) is 76.2. The van der Waals surface area contributed by atoms with Gasteiger partial charge >= 0.3 is 19.8 Å². The average molecular weight is 1310 g/mol. The van der Waals surface area contributed by atoms with Crippen molar-refractivity contribution >= 4 is 19.8 Å². The van der Waals surface area contributed by atoms with Gasteiger partial charge in [0.15, 0.2) is 6.10 Å². The van der Waals surface area contributed by atoms with Crippen LogP contribution in [0.25, 0.3) is 0 Å². The van der Waals surface area contributed by atoms with Crippen LogP contribution in [-0.2, 0) is 32.7 Å². The van der Waals surface area contributed by atoms with Crippen molar-refractivity contribution in [2.45, 2.75) is 457 Å². The van der Waals surface area contributed by atoms with Crippen LogP contribution in [0, 0.1) is 0 Å². The van der Waals surface area contributed by atoms with Crippen LogP contribution in [-0.4, -0.2) is 49.3 Å². The van der Waals surface area contributed by atoms with Crippen molar-refractivity contribution < 1.29 is 37.6 Å². The number of carbonyl (C=O) groups is 2. The summed E-state index contributed by atoms with van der Waals surface area (Å²) in [6.07, 6.45) is 97.6. The quantitative estimate of drug-likeness (QED) is 0.0264. The summed E-state index contributed by atoms with van der Waals surface area (Å²) in [6.45, 7) is 3.84. The highest BCUT2D eigenvalue weighted by Gasteiger charge is 2.26. The predicted molar refractivity (Wildman–Crippen MR) is 395 cm³/mol. The molecule has 0 saturated heterocycles. The summed E-state index contributed by atoms with van der Waals surface area (Å²) < 4.78 is 33.3. The molecule has 0 aromatic carbocycles. The first-order chi connectivity index (χ1) is 44.8. The zero-order valence-electron chi connectivity index (χ0n) is 61.1. The molecule has 91 heavy (non-hydrogen) atoms. The SMILES string of the molecule is CCCCCCCCCC/C=C\CCCCCCCCCCCCCCCCCCCCCCCCCCCC(=O)OC(COC(=O)CCCCCCCCCCCCCCCCCCCCCCC/C=C\CCCCCCCCCC)COP(=O)(O)OCCN. The monoisotopic (exact) mass is 1300 g/mol. The van der Waals surface area contributed by atoms with Gasteiger partial charge in [-0.1, -0.05) is 398 Å². The van der Waals surface area contributed by atoms with Gasteiger partial charge < -0.3 is 20.1 Å². The van der Waals surface area contributed by atoms with Gasteiger partial charge in [0.2, 0.25) is 0 Å². The van der Waals surface area contributed by atoms with Gasteiger partial charge in [0, 0.05) is 19.4 Å². The molecule has 0 fully saturated rings. The number of nitrogens with two attached hydrogens (primary N) is 1. The summed E-state index contributed by atoms with van der Waals surface area (Å²) in [5, 5.41) is 0. The molecule has 0 aliphatic carbocycles. The van der Waals surface area contributed by atoms with Gasteiger partial charge in [0.05, 0.1) is 13.2 Å². The lowest BCUT2D eigenvalue weighted by Crippen LogP contribution is -2.29. The Labute approximate surface area is 567 Å². The lowest BCUT2D eigenvalue weighted by Gasteiger charge is -2.19. The van der Waals surface area contributed by atoms with E-state index >= 15 is 0 Å². The van der Waals surface area contributed by atoms with E-state index in [1.54, 1.807) is 0 Å². The number of esters is 2. The molecule has 3 N–H and O–H groups in total. The molecule has 9 nitrogen and oxygen atoms in total. The summed E-state index contributed by atoms with van der Waals surface area (Å²) in [5.74, 6) is -0.798. The third kappa shape index (κ3) is 77.4. The molecular weight excluding hydrogens is 1150 g/mol. The maximum Gasteiger partial charge on any atom is 0.472 e. The number of rotatable bonds is 79. The van der Waals surface area contributed by atoms with Crippen LogP contribution >= 0.6 is 7.82 Å². The summed E-state index contributed by atoms with van der Waals surface area (Å²) in [4.78, 5) is 35.5. The largest absolute Gasteiger partial charge is 0.472 e. The van der Waals surface area contributed by atoms with Crippen molar-refractivity contribution in [2.24, 2.45) is 5.73 Å². The molecule has 0 spiro atoms. The van der Waals surface area contributed by atoms with Gasteiger partial charge in [0.1, 0.15) is 6.61 Å². The molecule has 2 unspecified atom stereocenters. The molecule has 0 aromatic rings. The van der Waals surface area contributed by atoms with Crippen LogP contribution in [0.15, 0.2) is 24.3 Å². The lowest BCUT2D eigenvalue weighted by atomic mass is 10.0. The first-order valence-corrected chi connectivity index (χ1v) is 42.3. The Morgan fingerprint density at radius 2 is 0.538 bits per heavy atom. The van der Waals surface area contributed by atoms with Crippen molar-refractivity contribution in [1.29, 1.82) is 0 Å². The molecule has 0 bridgehead atoms. The fourth-order valence-corrected chi connectivity index (χ4v) is 13.5. The highest BCUT2D eigenvalue weighted by Crippen LogP contribution is 2.43. The van der Waals surface area contributed by atoms with E-state index in [0.717, 1.165) is 32.1 Å². The molecule has 0 aliphatic heterocycles. The lowest BCUT2D eigenvalue weighted by molar-refractivity contribution is -0.161. The third-order valence-corrected chi connectivity index (χ3v) is 19.8. The van der Waals surface area contributed by atoms with E-state index in [-0.39, 0.29) is 38.6 Å². The van der Waals surface area contributed by atoms with Crippen molar-refractivity contribution in [3.8, 4) is 0 Å². The predicted octanol–water partition coefficient (Wildman–Crippen LogP) is 27.2. The van der Waals surface area contributed by atoms with Gasteiger partial charge in [0.25, 0.3) is 0 Å². The van der Waals surface area contributed by atoms with Gasteiger partial charge in [-0.25, -0.2) is 4.57 Å². The van der Waals surface area contributed by atoms with Crippen LogP contribution in [0.5, 0.6) is 0 Å². The van der Waals surface area contributed by atoms with E-state index < -0.39 is 26.5 Å². The normalized spacial score (nSPS) is 12.9. The molecule has 0 amide bonds. The zero-order valence-corrected chi connectivity index (χ0v) is 62.0. The molecule has 10 heteroatoms. The Hall–Kier alpha value is -1.51. The minimum absolute atomic E-state index is 0.0574. The number of hydrogen-bond acceptors (Lipinski definition) is 8. The smallest absolute Gasteiger partial charge is 0.462 e. The first-order valence-electron chi connectivity index (χ1n) is 40.8. The standard InChI is InChI=1S/C81H158NO8P/c1-3-5-7-9-11-13-15-17-19-21-23-25-27-29-31-33-35-37-38-39-40-42-44-46-48-50-52-54-56-58-60-62-64-66-68-70-72-74-81(84)90-79(78-89-91(85,86)88-76-75-82)77-87-80(83)73-71-69-67-65-63-61-59-57-55-53-51-49-47-45-43-41-36-34-32-30-28-26-24-22-20-18-16-14-12-10-8-6-4-2/h21-24,79H,3-20,25-78,82H2,1-2H3,(H,85,86)/b23-21-,24-22-. The van der Waals surface area contributed by atoms with Crippen LogP contribution in [0.2, 0.25) is 0 Å². The van der Waals surface area contributed by atoms with Crippen molar-refractivity contribution in [2.75, 3.05) is 26.4 Å². The number of phosphoric acid groups is 1. The van der Waals surface area contributed by atoms with Crippen LogP contribution < -0.4 is 5.73 Å². The van der Waals surface area contributed by atoms with Gasteiger partial charge in [-0.15, -0.1) is 0 Å². The summed E-state index contributed by atoms with van der Waals surface area (Å²) in [7, 11) is -4.39. The zero-order chi connectivity index (χ0) is 65.8. The number of unbranched alkanes of at least 4 members (excludes halogenated alkanes) is 62. The number of carbonyl (C=O) groups excluding carboxylic acids is 2. The molecule has 0 aliphatic rings. The van der Waals surface area contributed by atoms with E-state index in [2.05, 4.69) is 38.2 Å². The number of phosphoric ester groups is 1. The van der Waals surface area contributed by atoms with Crippen LogP contribution in [0.3, 0.4) is 0 Å². The van der Waals surface area contributed by atoms with Crippen molar-refractivity contribution in [3.63, 3.8) is 0 Å². The Morgan fingerprint density at radius 1 is 0.319 bits per heavy atom. The Morgan fingerprint density at radius 3 is 0.780 bits per heavy atom. The second-order valence-electron chi connectivity index (χ2n) is 28.0. The minimum Gasteiger partial charge on any atom is -0.462 e. The fraction of sp³-hybridized carbons (Fsp3) is 0.926. The third-order valence-electron chi connectivity index (χ3n) is 18.8. The Bertz CT molecular complexity index is 1540. The number of allylic oxidation sites excluding steroid dienone is 4. The highest BCUT2D eigenvalue weighted by atomic mass is 31.2. The second kappa shape index (κ2) is 77.5. The minimum atomic E-state index is -4.39. The molecule has 2 atom stereocenters. The van der Waals surface area contributed by atoms with E-state index in [0.29, 0.717) is 6.42 Å². The number of hydrogen-bond donors (Lipinski definition) is 2. The Balaban J connectivity index is 3.73.